The van der Waals surface area contributed by atoms with Gasteiger partial charge in [0.1, 0.15) is 0 Å². The van der Waals surface area contributed by atoms with Crippen LogP contribution in [0.4, 0.5) is 0 Å². The molecule has 3 nitrogen and oxygen atoms in total. The zero-order valence-corrected chi connectivity index (χ0v) is 14.0. The molecule has 0 aliphatic heterocycles. The van der Waals surface area contributed by atoms with Crippen molar-refractivity contribution in [3.05, 3.63) is 0 Å². The van der Waals surface area contributed by atoms with E-state index in [1.54, 1.807) is 0 Å². The number of nitrogens with zero attached hydrogens (tertiary/aromatic N) is 2. The maximum Gasteiger partial charge on any atom is 0.0328 e. The second-order valence-electron chi connectivity index (χ2n) is 5.49. The molecule has 0 amide bonds. The van der Waals surface area contributed by atoms with Gasteiger partial charge in [0.05, 0.1) is 0 Å². The molecule has 0 saturated heterocycles. The molecule has 2 N–H and O–H groups in total. The second kappa shape index (κ2) is 10.6. The zero-order chi connectivity index (χ0) is 14.7. The summed E-state index contributed by atoms with van der Waals surface area (Å²) < 4.78 is 0. The monoisotopic (exact) mass is 271 g/mol. The SMILES string of the molecule is CCCC(CC)(CN)N(CC)CCCN(CC)CC. The fraction of sp³-hybridized carbons (Fsp3) is 1.00. The Morgan fingerprint density at radius 3 is 1.89 bits per heavy atom. The maximum atomic E-state index is 6.11. The molecule has 19 heavy (non-hydrogen) atoms. The summed E-state index contributed by atoms with van der Waals surface area (Å²) >= 11 is 0. The molecule has 0 radical (unpaired) electrons. The Morgan fingerprint density at radius 2 is 1.53 bits per heavy atom. The minimum Gasteiger partial charge on any atom is -0.329 e. The van der Waals surface area contributed by atoms with Crippen LogP contribution in [0.3, 0.4) is 0 Å². The Morgan fingerprint density at radius 1 is 0.895 bits per heavy atom. The highest BCUT2D eigenvalue weighted by Crippen LogP contribution is 2.24. The third-order valence-corrected chi connectivity index (χ3v) is 4.60. The van der Waals surface area contributed by atoms with Gasteiger partial charge in [0.15, 0.2) is 0 Å². The van der Waals surface area contributed by atoms with Crippen molar-refractivity contribution >= 4 is 0 Å². The molecule has 0 rings (SSSR count). The summed E-state index contributed by atoms with van der Waals surface area (Å²) in [4.78, 5) is 5.13. The van der Waals surface area contributed by atoms with Gasteiger partial charge in [0, 0.05) is 12.1 Å². The van der Waals surface area contributed by atoms with E-state index >= 15 is 0 Å². The highest BCUT2D eigenvalue weighted by molar-refractivity contribution is 4.90. The molecule has 0 heterocycles. The third kappa shape index (κ3) is 5.80. The lowest BCUT2D eigenvalue weighted by molar-refractivity contribution is 0.0802. The van der Waals surface area contributed by atoms with Gasteiger partial charge in [-0.1, -0.05) is 41.0 Å². The number of nitrogens with two attached hydrogens (primary N) is 1. The first-order valence-corrected chi connectivity index (χ1v) is 8.31. The van der Waals surface area contributed by atoms with Crippen LogP contribution in [0.5, 0.6) is 0 Å². The lowest BCUT2D eigenvalue weighted by Gasteiger charge is -2.43. The largest absolute Gasteiger partial charge is 0.329 e. The third-order valence-electron chi connectivity index (χ3n) is 4.60. The van der Waals surface area contributed by atoms with Crippen molar-refractivity contribution in [3.8, 4) is 0 Å². The van der Waals surface area contributed by atoms with Crippen LogP contribution < -0.4 is 5.73 Å². The van der Waals surface area contributed by atoms with Crippen LogP contribution in [-0.4, -0.2) is 54.6 Å². The molecule has 0 bridgehead atoms. The predicted octanol–water partition coefficient (Wildman–Crippen LogP) is 2.95. The molecule has 0 aromatic carbocycles. The van der Waals surface area contributed by atoms with E-state index in [2.05, 4.69) is 44.4 Å². The molecule has 0 fully saturated rings. The number of hydrogen-bond acceptors (Lipinski definition) is 3. The summed E-state index contributed by atoms with van der Waals surface area (Å²) in [5.41, 5.74) is 6.34. The Labute approximate surface area is 121 Å². The van der Waals surface area contributed by atoms with Gasteiger partial charge in [-0.25, -0.2) is 0 Å². The molecule has 0 aromatic heterocycles. The summed E-state index contributed by atoms with van der Waals surface area (Å²) in [6, 6.07) is 0. The summed E-state index contributed by atoms with van der Waals surface area (Å²) in [6.07, 6.45) is 4.86. The summed E-state index contributed by atoms with van der Waals surface area (Å²) in [7, 11) is 0. The second-order valence-corrected chi connectivity index (χ2v) is 5.49. The number of likely N-dealkylation sites (N-methyl/N-ethyl adjacent to an activating group) is 1. The highest BCUT2D eigenvalue weighted by Gasteiger charge is 2.31. The van der Waals surface area contributed by atoms with E-state index in [9.17, 15) is 0 Å². The van der Waals surface area contributed by atoms with Gasteiger partial charge >= 0.3 is 0 Å². The summed E-state index contributed by atoms with van der Waals surface area (Å²) in [5, 5.41) is 0. The van der Waals surface area contributed by atoms with Crippen LogP contribution >= 0.6 is 0 Å². The zero-order valence-electron chi connectivity index (χ0n) is 14.0. The predicted molar refractivity (Wildman–Crippen MR) is 86.6 cm³/mol. The fourth-order valence-electron chi connectivity index (χ4n) is 3.16. The molecule has 116 valence electrons. The van der Waals surface area contributed by atoms with Crippen molar-refractivity contribution in [2.75, 3.05) is 39.3 Å². The maximum absolute atomic E-state index is 6.11. The average Bonchev–Trinajstić information content (AvgIpc) is 2.46. The van der Waals surface area contributed by atoms with Gasteiger partial charge in [-0.3, -0.25) is 4.90 Å². The minimum absolute atomic E-state index is 0.229. The van der Waals surface area contributed by atoms with Crippen LogP contribution in [0.15, 0.2) is 0 Å². The van der Waals surface area contributed by atoms with E-state index in [4.69, 9.17) is 5.73 Å². The van der Waals surface area contributed by atoms with Crippen molar-refractivity contribution in [1.82, 2.24) is 9.80 Å². The van der Waals surface area contributed by atoms with Gasteiger partial charge < -0.3 is 10.6 Å². The number of hydrogen-bond donors (Lipinski definition) is 1. The van der Waals surface area contributed by atoms with Crippen LogP contribution in [0.25, 0.3) is 0 Å². The van der Waals surface area contributed by atoms with E-state index in [0.29, 0.717) is 0 Å². The Balaban J connectivity index is 4.44. The van der Waals surface area contributed by atoms with Gasteiger partial charge in [-0.05, 0) is 52.0 Å². The molecule has 0 spiro atoms. The number of rotatable bonds is 12. The van der Waals surface area contributed by atoms with Crippen LogP contribution in [0.2, 0.25) is 0 Å². The van der Waals surface area contributed by atoms with Crippen LogP contribution in [0.1, 0.15) is 60.3 Å². The van der Waals surface area contributed by atoms with Crippen molar-refractivity contribution in [1.29, 1.82) is 0 Å². The van der Waals surface area contributed by atoms with Gasteiger partial charge in [-0.15, -0.1) is 0 Å². The quantitative estimate of drug-likeness (QED) is 0.592. The fourth-order valence-corrected chi connectivity index (χ4v) is 3.16. The Bertz CT molecular complexity index is 198. The van der Waals surface area contributed by atoms with E-state index in [1.807, 2.05) is 0 Å². The van der Waals surface area contributed by atoms with Crippen molar-refractivity contribution in [2.45, 2.75) is 65.8 Å². The highest BCUT2D eigenvalue weighted by atomic mass is 15.2. The lowest BCUT2D eigenvalue weighted by atomic mass is 9.88. The summed E-state index contributed by atoms with van der Waals surface area (Å²) in [5.74, 6) is 0. The van der Waals surface area contributed by atoms with Gasteiger partial charge in [-0.2, -0.15) is 0 Å². The molecular formula is C16H37N3. The lowest BCUT2D eigenvalue weighted by Crippen LogP contribution is -2.54. The van der Waals surface area contributed by atoms with Crippen molar-refractivity contribution in [2.24, 2.45) is 5.73 Å². The Kier molecular flexibility index (Phi) is 10.6. The molecule has 3 heteroatoms. The van der Waals surface area contributed by atoms with E-state index in [0.717, 1.165) is 32.6 Å². The Hall–Kier alpha value is -0.120. The molecular weight excluding hydrogens is 234 g/mol. The van der Waals surface area contributed by atoms with Crippen LogP contribution in [0, 0.1) is 0 Å². The van der Waals surface area contributed by atoms with Crippen molar-refractivity contribution < 1.29 is 0 Å². The van der Waals surface area contributed by atoms with Crippen molar-refractivity contribution in [3.63, 3.8) is 0 Å². The normalized spacial score (nSPS) is 15.2. The first kappa shape index (κ1) is 18.9. The molecule has 0 aromatic rings. The smallest absolute Gasteiger partial charge is 0.0328 e. The minimum atomic E-state index is 0.229. The van der Waals surface area contributed by atoms with Gasteiger partial charge in [0.2, 0.25) is 0 Å². The first-order valence-electron chi connectivity index (χ1n) is 8.31. The average molecular weight is 271 g/mol. The molecule has 1 atom stereocenters. The topological polar surface area (TPSA) is 32.5 Å². The molecule has 0 aliphatic rings. The first-order chi connectivity index (χ1) is 9.13. The molecule has 1 unspecified atom stereocenters. The van der Waals surface area contributed by atoms with Crippen LogP contribution in [-0.2, 0) is 0 Å². The van der Waals surface area contributed by atoms with E-state index in [-0.39, 0.29) is 5.54 Å². The van der Waals surface area contributed by atoms with E-state index < -0.39 is 0 Å². The van der Waals surface area contributed by atoms with Gasteiger partial charge in [0.25, 0.3) is 0 Å². The van der Waals surface area contributed by atoms with E-state index in [1.165, 1.54) is 32.4 Å². The molecule has 0 aliphatic carbocycles. The summed E-state index contributed by atoms with van der Waals surface area (Å²) in [6.45, 7) is 17.9. The standard InChI is InChI=1S/C16H37N3/c1-6-12-16(7-2,15-17)19(10-5)14-11-13-18(8-3)9-4/h6-15,17H2,1-5H3. The molecule has 0 saturated carbocycles.